The second-order valence-corrected chi connectivity index (χ2v) is 10.8. The number of aliphatic imine (C=N–C) groups is 1. The number of benzene rings is 2. The lowest BCUT2D eigenvalue weighted by Crippen LogP contribution is -2.57. The predicted molar refractivity (Wildman–Crippen MR) is 161 cm³/mol. The number of alkyl carbamates (subject to hydrolysis) is 1. The summed E-state index contributed by atoms with van der Waals surface area (Å²) in [5.41, 5.74) is 11.5. The van der Waals surface area contributed by atoms with Crippen molar-refractivity contribution in [1.29, 1.82) is 0 Å². The molecule has 13 heteroatoms. The van der Waals surface area contributed by atoms with Gasteiger partial charge in [-0.3, -0.25) is 14.6 Å². The van der Waals surface area contributed by atoms with Crippen molar-refractivity contribution < 1.29 is 33.8 Å². The molecular weight excluding hydrogens is 556 g/mol. The number of hydrogen-bond donors (Lipinski definition) is 6. The van der Waals surface area contributed by atoms with Crippen molar-refractivity contribution in [3.63, 3.8) is 0 Å². The Hall–Kier alpha value is -4.65. The van der Waals surface area contributed by atoms with E-state index in [0.717, 1.165) is 11.1 Å². The number of carboxylic acids is 1. The molecule has 0 heterocycles. The molecule has 0 saturated carbocycles. The van der Waals surface area contributed by atoms with Crippen LogP contribution in [0.15, 0.2) is 65.7 Å². The number of aliphatic carboxylic acids is 1. The van der Waals surface area contributed by atoms with Gasteiger partial charge in [0.25, 0.3) is 0 Å². The summed E-state index contributed by atoms with van der Waals surface area (Å²) >= 11 is 0. The quantitative estimate of drug-likeness (QED) is 0.0937. The Balaban J connectivity index is 2.19. The third-order valence-electron chi connectivity index (χ3n) is 5.98. The third-order valence-corrected chi connectivity index (χ3v) is 5.98. The van der Waals surface area contributed by atoms with Gasteiger partial charge in [-0.15, -0.1) is 0 Å². The van der Waals surface area contributed by atoms with Crippen molar-refractivity contribution in [2.24, 2.45) is 16.5 Å². The zero-order chi connectivity index (χ0) is 31.8. The Morgan fingerprint density at radius 2 is 1.40 bits per heavy atom. The first-order valence-electron chi connectivity index (χ1n) is 13.9. The first-order chi connectivity index (χ1) is 20.3. The average Bonchev–Trinajstić information content (AvgIpc) is 2.95. The zero-order valence-corrected chi connectivity index (χ0v) is 24.7. The molecule has 0 radical (unpaired) electrons. The average molecular weight is 599 g/mol. The van der Waals surface area contributed by atoms with Gasteiger partial charge in [0.2, 0.25) is 11.8 Å². The van der Waals surface area contributed by atoms with E-state index >= 15 is 0 Å². The van der Waals surface area contributed by atoms with Crippen molar-refractivity contribution in [3.05, 3.63) is 71.8 Å². The van der Waals surface area contributed by atoms with E-state index in [1.54, 1.807) is 75.4 Å². The van der Waals surface area contributed by atoms with Gasteiger partial charge in [0.05, 0.1) is 12.2 Å². The topological polar surface area (TPSA) is 207 Å². The first-order valence-corrected chi connectivity index (χ1v) is 13.9. The molecule has 0 aliphatic carbocycles. The van der Waals surface area contributed by atoms with Crippen LogP contribution in [0.25, 0.3) is 0 Å². The van der Waals surface area contributed by atoms with Crippen LogP contribution in [-0.4, -0.2) is 71.8 Å². The van der Waals surface area contributed by atoms with E-state index < -0.39 is 47.6 Å². The number of guanidine groups is 1. The van der Waals surface area contributed by atoms with Gasteiger partial charge in [-0.25, -0.2) is 9.59 Å². The van der Waals surface area contributed by atoms with Crippen LogP contribution in [0.2, 0.25) is 0 Å². The van der Waals surface area contributed by atoms with E-state index in [4.69, 9.17) is 20.9 Å². The number of carbonyl (C=O) groups is 4. The Bertz CT molecular complexity index is 1210. The van der Waals surface area contributed by atoms with E-state index in [-0.39, 0.29) is 38.6 Å². The number of hydrogen-bond acceptors (Lipinski definition) is 7. The molecule has 234 valence electrons. The SMILES string of the molecule is CC(C)(C)OC[C@@H](NC(=O)OCc1ccccc1)C(=O)N[C@@H](Cc1ccccc1)C(=O)N[C@@H](CCCN=C(N)N)C(=O)O. The molecule has 2 aromatic rings. The number of carboxylic acid groups (broad SMARTS) is 1. The molecule has 0 bridgehead atoms. The minimum absolute atomic E-state index is 0.0139. The highest BCUT2D eigenvalue weighted by Crippen LogP contribution is 2.10. The summed E-state index contributed by atoms with van der Waals surface area (Å²) in [6, 6.07) is 14.3. The maximum atomic E-state index is 13.5. The van der Waals surface area contributed by atoms with Crippen LogP contribution in [0.3, 0.4) is 0 Å². The largest absolute Gasteiger partial charge is 0.480 e. The molecule has 13 nitrogen and oxygen atoms in total. The van der Waals surface area contributed by atoms with Gasteiger partial charge in [0.1, 0.15) is 24.7 Å². The summed E-state index contributed by atoms with van der Waals surface area (Å²) in [5, 5.41) is 17.4. The summed E-state index contributed by atoms with van der Waals surface area (Å²) < 4.78 is 11.0. The number of nitrogens with one attached hydrogen (secondary N) is 3. The number of carbonyl (C=O) groups excluding carboxylic acids is 3. The molecule has 0 fully saturated rings. The fraction of sp³-hybridized carbons (Fsp3) is 0.433. The van der Waals surface area contributed by atoms with Crippen molar-refractivity contribution in [2.75, 3.05) is 13.2 Å². The summed E-state index contributed by atoms with van der Waals surface area (Å²) in [6.07, 6.45) is -0.436. The molecular formula is C30H42N6O7. The Morgan fingerprint density at radius 1 is 0.837 bits per heavy atom. The van der Waals surface area contributed by atoms with E-state index in [9.17, 15) is 24.3 Å². The molecule has 0 aliphatic rings. The van der Waals surface area contributed by atoms with Crippen LogP contribution in [-0.2, 0) is 36.9 Å². The van der Waals surface area contributed by atoms with Gasteiger partial charge < -0.3 is 42.0 Å². The molecule has 0 aromatic heterocycles. The summed E-state index contributed by atoms with van der Waals surface area (Å²) in [7, 11) is 0. The standard InChI is InChI=1S/C30H42N6O7/c1-30(2,3)43-19-24(36-29(41)42-18-21-13-8-5-9-14-21)26(38)35-23(17-20-11-6-4-7-12-20)25(37)34-22(27(39)40)15-10-16-33-28(31)32/h4-9,11-14,22-24H,10,15-19H2,1-3H3,(H,34,37)(H,35,38)(H,36,41)(H,39,40)(H4,31,32,33)/t22-,23-,24+/m0/s1. The van der Waals surface area contributed by atoms with E-state index in [1.165, 1.54) is 0 Å². The maximum absolute atomic E-state index is 13.5. The fourth-order valence-electron chi connectivity index (χ4n) is 3.79. The van der Waals surface area contributed by atoms with Gasteiger partial charge in [0, 0.05) is 13.0 Å². The molecule has 3 atom stereocenters. The lowest BCUT2D eigenvalue weighted by atomic mass is 10.0. The van der Waals surface area contributed by atoms with Gasteiger partial charge >= 0.3 is 12.1 Å². The van der Waals surface area contributed by atoms with Gasteiger partial charge in [-0.2, -0.15) is 0 Å². The first kappa shape index (κ1) is 34.6. The molecule has 0 saturated heterocycles. The molecule has 3 amide bonds. The Kier molecular flexibility index (Phi) is 13.9. The number of amides is 3. The molecule has 43 heavy (non-hydrogen) atoms. The van der Waals surface area contributed by atoms with Crippen molar-refractivity contribution >= 4 is 29.8 Å². The number of rotatable bonds is 16. The van der Waals surface area contributed by atoms with Crippen molar-refractivity contribution in [2.45, 2.75) is 70.4 Å². The van der Waals surface area contributed by atoms with Crippen molar-refractivity contribution in [3.8, 4) is 0 Å². The monoisotopic (exact) mass is 598 g/mol. The molecule has 2 rings (SSSR count). The summed E-state index contributed by atoms with van der Waals surface area (Å²) in [4.78, 5) is 55.1. The number of nitrogens with zero attached hydrogens (tertiary/aromatic N) is 1. The zero-order valence-electron chi connectivity index (χ0n) is 24.7. The lowest BCUT2D eigenvalue weighted by molar-refractivity contribution is -0.142. The molecule has 8 N–H and O–H groups in total. The van der Waals surface area contributed by atoms with E-state index in [0.29, 0.717) is 6.42 Å². The molecule has 0 spiro atoms. The van der Waals surface area contributed by atoms with Crippen LogP contribution in [0.1, 0.15) is 44.7 Å². The Labute approximate surface area is 251 Å². The van der Waals surface area contributed by atoms with Crippen LogP contribution in [0.4, 0.5) is 4.79 Å². The van der Waals surface area contributed by atoms with E-state index in [2.05, 4.69) is 20.9 Å². The Morgan fingerprint density at radius 3 is 1.95 bits per heavy atom. The van der Waals surface area contributed by atoms with E-state index in [1.807, 2.05) is 6.07 Å². The van der Waals surface area contributed by atoms with Gasteiger partial charge in [-0.05, 0) is 44.7 Å². The highest BCUT2D eigenvalue weighted by molar-refractivity contribution is 5.93. The minimum Gasteiger partial charge on any atom is -0.480 e. The minimum atomic E-state index is -1.25. The smallest absolute Gasteiger partial charge is 0.408 e. The number of nitrogens with two attached hydrogens (primary N) is 2. The second kappa shape index (κ2) is 17.3. The molecule has 0 unspecified atom stereocenters. The normalized spacial score (nSPS) is 13.1. The van der Waals surface area contributed by atoms with Crippen LogP contribution >= 0.6 is 0 Å². The number of ether oxygens (including phenoxy) is 2. The summed E-state index contributed by atoms with van der Waals surface area (Å²) in [6.45, 7) is 5.34. The van der Waals surface area contributed by atoms with Gasteiger partial charge in [0.15, 0.2) is 5.96 Å². The predicted octanol–water partition coefficient (Wildman–Crippen LogP) is 1.45. The van der Waals surface area contributed by atoms with Crippen LogP contribution in [0.5, 0.6) is 0 Å². The third kappa shape index (κ3) is 14.2. The second-order valence-electron chi connectivity index (χ2n) is 10.8. The van der Waals surface area contributed by atoms with Crippen LogP contribution < -0.4 is 27.4 Å². The lowest BCUT2D eigenvalue weighted by Gasteiger charge is -2.27. The highest BCUT2D eigenvalue weighted by Gasteiger charge is 2.31. The van der Waals surface area contributed by atoms with Crippen LogP contribution in [0, 0.1) is 0 Å². The fourth-order valence-corrected chi connectivity index (χ4v) is 3.79. The molecule has 0 aliphatic heterocycles. The highest BCUT2D eigenvalue weighted by atomic mass is 16.5. The van der Waals surface area contributed by atoms with Crippen molar-refractivity contribution in [1.82, 2.24) is 16.0 Å². The summed E-state index contributed by atoms with van der Waals surface area (Å²) in [5.74, 6) is -2.79. The molecule has 2 aromatic carbocycles. The maximum Gasteiger partial charge on any atom is 0.408 e. The van der Waals surface area contributed by atoms with Gasteiger partial charge in [-0.1, -0.05) is 60.7 Å².